The van der Waals surface area contributed by atoms with Gasteiger partial charge >= 0.3 is 0 Å². The summed E-state index contributed by atoms with van der Waals surface area (Å²) in [5.41, 5.74) is 3.71. The Hall–Kier alpha value is -2.55. The van der Waals surface area contributed by atoms with E-state index in [0.717, 1.165) is 55.2 Å². The molecular weight excluding hydrogens is 502 g/mol. The highest BCUT2D eigenvalue weighted by atomic mass is 35.5. The van der Waals surface area contributed by atoms with Crippen molar-refractivity contribution in [1.82, 2.24) is 15.2 Å². The zero-order valence-electron chi connectivity index (χ0n) is 23.4. The highest BCUT2D eigenvalue weighted by Gasteiger charge is 2.28. The number of aryl methyl sites for hydroxylation is 1. The molecule has 1 amide bonds. The van der Waals surface area contributed by atoms with Gasteiger partial charge in [0.05, 0.1) is 13.2 Å². The average molecular weight is 544 g/mol. The lowest BCUT2D eigenvalue weighted by atomic mass is 9.89. The van der Waals surface area contributed by atoms with Crippen LogP contribution in [0.2, 0.25) is 5.02 Å². The van der Waals surface area contributed by atoms with Crippen molar-refractivity contribution in [2.24, 2.45) is 0 Å². The largest absolute Gasteiger partial charge is 0.378 e. The number of aromatic amines is 1. The van der Waals surface area contributed by atoms with Crippen LogP contribution in [-0.2, 0) is 11.3 Å². The minimum absolute atomic E-state index is 0.0861. The molecule has 0 unspecified atom stereocenters. The maximum atomic E-state index is 13.4. The first-order valence-electron chi connectivity index (χ1n) is 13.8. The zero-order chi connectivity index (χ0) is 27.4. The minimum Gasteiger partial charge on any atom is -0.378 e. The Labute approximate surface area is 231 Å². The number of amides is 1. The Kier molecular flexibility index (Phi) is 9.39. The third-order valence-electron chi connectivity index (χ3n) is 8.19. The predicted octanol–water partition coefficient (Wildman–Crippen LogP) is 4.11. The van der Waals surface area contributed by atoms with E-state index in [-0.39, 0.29) is 17.9 Å². The number of aromatic nitrogens is 1. The number of nitrogens with one attached hydrogen (secondary N) is 2. The Balaban J connectivity index is 1.49. The van der Waals surface area contributed by atoms with Crippen molar-refractivity contribution < 1.29 is 9.53 Å². The number of halogens is 1. The maximum absolute atomic E-state index is 13.4. The van der Waals surface area contributed by atoms with Crippen LogP contribution in [0.3, 0.4) is 0 Å². The Bertz CT molecular complexity index is 1180. The summed E-state index contributed by atoms with van der Waals surface area (Å²) in [5.74, 6) is 0.565. The number of H-pyrrole nitrogens is 1. The van der Waals surface area contributed by atoms with Gasteiger partial charge in [0.1, 0.15) is 5.82 Å². The summed E-state index contributed by atoms with van der Waals surface area (Å²) in [4.78, 5) is 36.5. The van der Waals surface area contributed by atoms with E-state index in [1.165, 1.54) is 12.8 Å². The van der Waals surface area contributed by atoms with Crippen molar-refractivity contribution in [3.05, 3.63) is 55.8 Å². The van der Waals surface area contributed by atoms with E-state index in [1.807, 2.05) is 19.9 Å². The second kappa shape index (κ2) is 12.5. The fraction of sp³-hybridized carbons (Fsp3) is 0.586. The monoisotopic (exact) mass is 543 g/mol. The average Bonchev–Trinajstić information content (AvgIpc) is 2.91. The number of carbonyl (C=O) groups excluding carboxylic acids is 1. The summed E-state index contributed by atoms with van der Waals surface area (Å²) in [6.45, 7) is 9.80. The number of hydrogen-bond acceptors (Lipinski definition) is 6. The Morgan fingerprint density at radius 3 is 2.37 bits per heavy atom. The van der Waals surface area contributed by atoms with E-state index in [2.05, 4.69) is 46.0 Å². The van der Waals surface area contributed by atoms with E-state index in [0.29, 0.717) is 41.4 Å². The standard InChI is InChI=1S/C29H42ClN5O3/c1-6-35(23-9-7-22(8-10-23)33(4)5)26-16-21(30)15-24(19(26)2)29(37)31-18-25-20(3)32-28(17-27(25)36)34-11-13-38-14-12-34/h15-17,22-23H,6-14,18H2,1-5H3,(H,31,37)(H,32,36). The molecule has 0 atom stereocenters. The Morgan fingerprint density at radius 2 is 1.76 bits per heavy atom. The molecule has 2 fully saturated rings. The van der Waals surface area contributed by atoms with Gasteiger partial charge in [0, 0.05) is 71.9 Å². The van der Waals surface area contributed by atoms with E-state index in [1.54, 1.807) is 12.1 Å². The van der Waals surface area contributed by atoms with Gasteiger partial charge in [-0.25, -0.2) is 0 Å². The van der Waals surface area contributed by atoms with E-state index >= 15 is 0 Å². The van der Waals surface area contributed by atoms with Crippen molar-refractivity contribution in [1.29, 1.82) is 0 Å². The normalized spacial score (nSPS) is 20.0. The van der Waals surface area contributed by atoms with Crippen LogP contribution in [0, 0.1) is 13.8 Å². The SMILES string of the molecule is CCN(c1cc(Cl)cc(C(=O)NCc2c(C)[nH]c(N3CCOCC3)cc2=O)c1C)C1CCC(N(C)C)CC1. The molecule has 38 heavy (non-hydrogen) atoms. The molecule has 2 aromatic rings. The quantitative estimate of drug-likeness (QED) is 0.521. The summed E-state index contributed by atoms with van der Waals surface area (Å²) in [7, 11) is 4.31. The number of carbonyl (C=O) groups is 1. The first-order valence-corrected chi connectivity index (χ1v) is 14.1. The minimum atomic E-state index is -0.227. The Morgan fingerprint density at radius 1 is 1.11 bits per heavy atom. The molecule has 8 nitrogen and oxygen atoms in total. The number of ether oxygens (including phenoxy) is 1. The third-order valence-corrected chi connectivity index (χ3v) is 8.41. The van der Waals surface area contributed by atoms with Crippen LogP contribution in [-0.4, -0.2) is 74.8 Å². The third kappa shape index (κ3) is 6.35. The molecule has 1 aromatic heterocycles. The highest BCUT2D eigenvalue weighted by Crippen LogP contribution is 2.34. The lowest BCUT2D eigenvalue weighted by Crippen LogP contribution is -2.42. The number of benzene rings is 1. The van der Waals surface area contributed by atoms with Crippen molar-refractivity contribution in [2.45, 2.75) is 65.1 Å². The van der Waals surface area contributed by atoms with Crippen molar-refractivity contribution in [3.8, 4) is 0 Å². The van der Waals surface area contributed by atoms with Gasteiger partial charge in [-0.2, -0.15) is 0 Å². The fourth-order valence-electron chi connectivity index (χ4n) is 5.87. The van der Waals surface area contributed by atoms with Gasteiger partial charge in [0.15, 0.2) is 5.43 Å². The van der Waals surface area contributed by atoms with Gasteiger partial charge in [0.2, 0.25) is 0 Å². The molecule has 1 aliphatic carbocycles. The fourth-order valence-corrected chi connectivity index (χ4v) is 6.08. The molecular formula is C29H42ClN5O3. The molecule has 1 aliphatic heterocycles. The zero-order valence-corrected chi connectivity index (χ0v) is 24.2. The number of hydrogen-bond donors (Lipinski definition) is 2. The molecule has 208 valence electrons. The smallest absolute Gasteiger partial charge is 0.251 e. The first-order chi connectivity index (χ1) is 18.2. The van der Waals surface area contributed by atoms with E-state index in [9.17, 15) is 9.59 Å². The molecule has 4 rings (SSSR count). The summed E-state index contributed by atoms with van der Waals surface area (Å²) < 4.78 is 5.41. The second-order valence-electron chi connectivity index (χ2n) is 10.7. The molecule has 1 saturated carbocycles. The number of pyridine rings is 1. The number of anilines is 2. The lowest BCUT2D eigenvalue weighted by Gasteiger charge is -2.40. The van der Waals surface area contributed by atoms with Gasteiger partial charge in [-0.15, -0.1) is 0 Å². The first kappa shape index (κ1) is 28.5. The maximum Gasteiger partial charge on any atom is 0.251 e. The molecule has 9 heteroatoms. The molecule has 2 N–H and O–H groups in total. The van der Waals surface area contributed by atoms with Gasteiger partial charge in [0.25, 0.3) is 5.91 Å². The van der Waals surface area contributed by atoms with Crippen LogP contribution in [0.4, 0.5) is 11.5 Å². The van der Waals surface area contributed by atoms with Crippen molar-refractivity contribution in [2.75, 3.05) is 56.7 Å². The number of morpholine rings is 1. The number of nitrogens with zero attached hydrogens (tertiary/aromatic N) is 3. The molecule has 2 heterocycles. The van der Waals surface area contributed by atoms with E-state index in [4.69, 9.17) is 16.3 Å². The highest BCUT2D eigenvalue weighted by molar-refractivity contribution is 6.31. The van der Waals surface area contributed by atoms with Gasteiger partial charge < -0.3 is 29.7 Å². The van der Waals surface area contributed by atoms with Crippen molar-refractivity contribution >= 4 is 29.0 Å². The van der Waals surface area contributed by atoms with Gasteiger partial charge in [-0.3, -0.25) is 9.59 Å². The van der Waals surface area contributed by atoms with Crippen LogP contribution >= 0.6 is 11.6 Å². The molecule has 0 radical (unpaired) electrons. The van der Waals surface area contributed by atoms with Crippen molar-refractivity contribution in [3.63, 3.8) is 0 Å². The van der Waals surface area contributed by atoms with Crippen LogP contribution < -0.4 is 20.5 Å². The molecule has 0 spiro atoms. The summed E-state index contributed by atoms with van der Waals surface area (Å²) >= 11 is 6.55. The summed E-state index contributed by atoms with van der Waals surface area (Å²) in [5, 5.41) is 3.51. The van der Waals surface area contributed by atoms with Crippen LogP contribution in [0.5, 0.6) is 0 Å². The molecule has 1 aromatic carbocycles. The molecule has 1 saturated heterocycles. The summed E-state index contributed by atoms with van der Waals surface area (Å²) in [6.07, 6.45) is 4.57. The lowest BCUT2D eigenvalue weighted by molar-refractivity contribution is 0.0950. The van der Waals surface area contributed by atoms with Crippen LogP contribution in [0.1, 0.15) is 59.8 Å². The van der Waals surface area contributed by atoms with Crippen LogP contribution in [0.25, 0.3) is 0 Å². The molecule has 0 bridgehead atoms. The second-order valence-corrected chi connectivity index (χ2v) is 11.2. The number of rotatable bonds is 8. The van der Waals surface area contributed by atoms with Crippen LogP contribution in [0.15, 0.2) is 23.0 Å². The molecule has 2 aliphatic rings. The topological polar surface area (TPSA) is 80.9 Å². The van der Waals surface area contributed by atoms with Gasteiger partial charge in [-0.1, -0.05) is 11.6 Å². The van der Waals surface area contributed by atoms with Gasteiger partial charge in [-0.05, 0) is 78.2 Å². The van der Waals surface area contributed by atoms with E-state index < -0.39 is 0 Å². The predicted molar refractivity (Wildman–Crippen MR) is 155 cm³/mol. The summed E-state index contributed by atoms with van der Waals surface area (Å²) in [6, 6.07) is 6.38.